The Morgan fingerprint density at radius 2 is 2.25 bits per heavy atom. The number of pyridine rings is 1. The first kappa shape index (κ1) is 12.6. The number of hydrogen-bond donors (Lipinski definition) is 1. The maximum Gasteiger partial charge on any atom is 0.290 e. The Kier molecular flexibility index (Phi) is 4.37. The zero-order chi connectivity index (χ0) is 12.1. The van der Waals surface area contributed by atoms with Crippen LogP contribution < -0.4 is 5.73 Å². The molecule has 5 heteroatoms. The highest BCUT2D eigenvalue weighted by atomic mass is 16.6. The summed E-state index contributed by atoms with van der Waals surface area (Å²) >= 11 is 0. The molecule has 5 nitrogen and oxygen atoms in total. The molecule has 1 aromatic heterocycles. The summed E-state index contributed by atoms with van der Waals surface area (Å²) in [7, 11) is 0. The maximum absolute atomic E-state index is 10.6. The summed E-state index contributed by atoms with van der Waals surface area (Å²) in [6.45, 7) is 3.72. The molecule has 0 bridgehead atoms. The van der Waals surface area contributed by atoms with Crippen molar-refractivity contribution in [3.8, 4) is 0 Å². The Morgan fingerprint density at radius 3 is 2.75 bits per heavy atom. The van der Waals surface area contributed by atoms with Crippen molar-refractivity contribution >= 4 is 5.69 Å². The SMILES string of the molecule is CCCC(N)Cc1ccc([N+](=O)[O-])c(C)n1. The number of nitro groups is 1. The highest BCUT2D eigenvalue weighted by Gasteiger charge is 2.12. The lowest BCUT2D eigenvalue weighted by atomic mass is 10.1. The van der Waals surface area contributed by atoms with Crippen LogP contribution >= 0.6 is 0 Å². The third kappa shape index (κ3) is 3.27. The molecule has 0 amide bonds. The molecule has 1 atom stereocenters. The summed E-state index contributed by atoms with van der Waals surface area (Å²) in [6, 6.07) is 3.26. The second-order valence-corrected chi connectivity index (χ2v) is 3.92. The lowest BCUT2D eigenvalue weighted by molar-refractivity contribution is -0.385. The molecule has 0 saturated carbocycles. The molecule has 2 N–H and O–H groups in total. The fraction of sp³-hybridized carbons (Fsp3) is 0.545. The van der Waals surface area contributed by atoms with Crippen molar-refractivity contribution in [3.05, 3.63) is 33.6 Å². The van der Waals surface area contributed by atoms with E-state index in [0.717, 1.165) is 18.5 Å². The fourth-order valence-electron chi connectivity index (χ4n) is 1.65. The molecule has 0 aliphatic heterocycles. The first-order valence-corrected chi connectivity index (χ1v) is 5.41. The van der Waals surface area contributed by atoms with Crippen LogP contribution in [0.15, 0.2) is 12.1 Å². The van der Waals surface area contributed by atoms with Gasteiger partial charge in [0.25, 0.3) is 5.69 Å². The Hall–Kier alpha value is -1.49. The molecule has 0 aliphatic carbocycles. The quantitative estimate of drug-likeness (QED) is 0.611. The van der Waals surface area contributed by atoms with Gasteiger partial charge in [-0.25, -0.2) is 0 Å². The van der Waals surface area contributed by atoms with E-state index in [0.29, 0.717) is 12.1 Å². The lowest BCUT2D eigenvalue weighted by Crippen LogP contribution is -2.23. The molecule has 0 fully saturated rings. The third-order valence-corrected chi connectivity index (χ3v) is 2.44. The third-order valence-electron chi connectivity index (χ3n) is 2.44. The second-order valence-electron chi connectivity index (χ2n) is 3.92. The van der Waals surface area contributed by atoms with Gasteiger partial charge in [-0.2, -0.15) is 0 Å². The van der Waals surface area contributed by atoms with Crippen molar-refractivity contribution in [2.45, 2.75) is 39.2 Å². The van der Waals surface area contributed by atoms with E-state index >= 15 is 0 Å². The smallest absolute Gasteiger partial charge is 0.290 e. The van der Waals surface area contributed by atoms with Crippen LogP contribution in [0.3, 0.4) is 0 Å². The Labute approximate surface area is 94.8 Å². The van der Waals surface area contributed by atoms with Crippen LogP contribution in [0.2, 0.25) is 0 Å². The minimum absolute atomic E-state index is 0.0628. The molecule has 88 valence electrons. The summed E-state index contributed by atoms with van der Waals surface area (Å²) in [5.74, 6) is 0. The van der Waals surface area contributed by atoms with Gasteiger partial charge in [-0.05, 0) is 19.4 Å². The second kappa shape index (κ2) is 5.55. The molecule has 0 aromatic carbocycles. The van der Waals surface area contributed by atoms with E-state index in [2.05, 4.69) is 11.9 Å². The van der Waals surface area contributed by atoms with Crippen molar-refractivity contribution in [3.63, 3.8) is 0 Å². The molecule has 0 spiro atoms. The number of nitrogens with zero attached hydrogens (tertiary/aromatic N) is 2. The van der Waals surface area contributed by atoms with Gasteiger partial charge in [0.05, 0.1) is 4.92 Å². The van der Waals surface area contributed by atoms with Gasteiger partial charge < -0.3 is 5.73 Å². The molecular weight excluding hydrogens is 206 g/mol. The standard InChI is InChI=1S/C11H17N3O2/c1-3-4-9(12)7-10-5-6-11(14(15)16)8(2)13-10/h5-6,9H,3-4,7,12H2,1-2H3. The molecule has 0 radical (unpaired) electrons. The van der Waals surface area contributed by atoms with E-state index < -0.39 is 4.92 Å². The van der Waals surface area contributed by atoms with Gasteiger partial charge in [0.1, 0.15) is 5.69 Å². The van der Waals surface area contributed by atoms with Gasteiger partial charge >= 0.3 is 0 Å². The highest BCUT2D eigenvalue weighted by Crippen LogP contribution is 2.16. The topological polar surface area (TPSA) is 82.0 Å². The van der Waals surface area contributed by atoms with Crippen LogP contribution in [0.4, 0.5) is 5.69 Å². The number of rotatable bonds is 5. The van der Waals surface area contributed by atoms with Crippen LogP contribution in [0.25, 0.3) is 0 Å². The van der Waals surface area contributed by atoms with Crippen molar-refractivity contribution in [2.75, 3.05) is 0 Å². The summed E-state index contributed by atoms with van der Waals surface area (Å²) in [6.07, 6.45) is 2.65. The van der Waals surface area contributed by atoms with Gasteiger partial charge in [0, 0.05) is 24.2 Å². The normalized spacial score (nSPS) is 12.4. The largest absolute Gasteiger partial charge is 0.327 e. The first-order valence-electron chi connectivity index (χ1n) is 5.41. The number of nitrogens with two attached hydrogens (primary N) is 1. The summed E-state index contributed by atoms with van der Waals surface area (Å²) in [5.41, 5.74) is 7.23. The molecule has 1 rings (SSSR count). The zero-order valence-electron chi connectivity index (χ0n) is 9.64. The average Bonchev–Trinajstić information content (AvgIpc) is 2.17. The van der Waals surface area contributed by atoms with E-state index in [-0.39, 0.29) is 11.7 Å². The number of aryl methyl sites for hydroxylation is 1. The van der Waals surface area contributed by atoms with Crippen molar-refractivity contribution in [2.24, 2.45) is 5.73 Å². The molecule has 16 heavy (non-hydrogen) atoms. The van der Waals surface area contributed by atoms with Crippen molar-refractivity contribution in [1.29, 1.82) is 0 Å². The van der Waals surface area contributed by atoms with Crippen molar-refractivity contribution < 1.29 is 4.92 Å². The Bertz CT molecular complexity index is 379. The summed E-state index contributed by atoms with van der Waals surface area (Å²) < 4.78 is 0. The van der Waals surface area contributed by atoms with Crippen LogP contribution in [0.5, 0.6) is 0 Å². The molecule has 1 unspecified atom stereocenters. The van der Waals surface area contributed by atoms with Crippen LogP contribution in [0, 0.1) is 17.0 Å². The van der Waals surface area contributed by atoms with Crippen LogP contribution in [0.1, 0.15) is 31.2 Å². The minimum Gasteiger partial charge on any atom is -0.327 e. The Morgan fingerprint density at radius 1 is 1.56 bits per heavy atom. The molecule has 0 saturated heterocycles. The molecule has 1 heterocycles. The number of hydrogen-bond acceptors (Lipinski definition) is 4. The fourth-order valence-corrected chi connectivity index (χ4v) is 1.65. The maximum atomic E-state index is 10.6. The lowest BCUT2D eigenvalue weighted by Gasteiger charge is -2.09. The molecular formula is C11H17N3O2. The van der Waals surface area contributed by atoms with Crippen molar-refractivity contribution in [1.82, 2.24) is 4.98 Å². The average molecular weight is 223 g/mol. The van der Waals surface area contributed by atoms with E-state index in [1.165, 1.54) is 6.07 Å². The minimum atomic E-state index is -0.419. The zero-order valence-corrected chi connectivity index (χ0v) is 9.64. The van der Waals surface area contributed by atoms with Gasteiger partial charge in [-0.3, -0.25) is 15.1 Å². The summed E-state index contributed by atoms with van der Waals surface area (Å²) in [4.78, 5) is 14.4. The Balaban J connectivity index is 2.77. The monoisotopic (exact) mass is 223 g/mol. The van der Waals surface area contributed by atoms with Gasteiger partial charge in [0.2, 0.25) is 0 Å². The van der Waals surface area contributed by atoms with E-state index in [1.807, 2.05) is 0 Å². The number of aromatic nitrogens is 1. The van der Waals surface area contributed by atoms with Gasteiger partial charge in [-0.1, -0.05) is 13.3 Å². The highest BCUT2D eigenvalue weighted by molar-refractivity contribution is 5.35. The molecule has 1 aromatic rings. The predicted molar refractivity (Wildman–Crippen MR) is 62.2 cm³/mol. The van der Waals surface area contributed by atoms with E-state index in [1.54, 1.807) is 13.0 Å². The summed E-state index contributed by atoms with van der Waals surface area (Å²) in [5, 5.41) is 10.6. The van der Waals surface area contributed by atoms with E-state index in [9.17, 15) is 10.1 Å². The predicted octanol–water partition coefficient (Wildman–Crippen LogP) is 1.97. The van der Waals surface area contributed by atoms with E-state index in [4.69, 9.17) is 5.73 Å². The van der Waals surface area contributed by atoms with Gasteiger partial charge in [0.15, 0.2) is 0 Å². The molecule has 0 aliphatic rings. The first-order chi connectivity index (χ1) is 7.54. The van der Waals surface area contributed by atoms with Gasteiger partial charge in [-0.15, -0.1) is 0 Å². The van der Waals surface area contributed by atoms with Crippen LogP contribution in [-0.4, -0.2) is 15.9 Å². The van der Waals surface area contributed by atoms with Crippen LogP contribution in [-0.2, 0) is 6.42 Å².